The number of nitrogens with one attached hydrogen (secondary N) is 1. The van der Waals surface area contributed by atoms with E-state index >= 15 is 0 Å². The minimum Gasteiger partial charge on any atom is -0.447 e. The third kappa shape index (κ3) is 3.11. The first-order valence-electron chi connectivity index (χ1n) is 4.00. The summed E-state index contributed by atoms with van der Waals surface area (Å²) in [5.41, 5.74) is 2.59. The van der Waals surface area contributed by atoms with E-state index in [1.165, 1.54) is 12.1 Å². The number of hydrogen-bond donors (Lipinski definition) is 2. The molecule has 3 N–H and O–H groups in total. The van der Waals surface area contributed by atoms with E-state index in [0.29, 0.717) is 18.9 Å². The van der Waals surface area contributed by atoms with Crippen LogP contribution in [0.4, 0.5) is 0 Å². The van der Waals surface area contributed by atoms with Gasteiger partial charge in [0.15, 0.2) is 0 Å². The fraction of sp³-hybridized carbons (Fsp3) is 0.429. The molecule has 0 radical (unpaired) electrons. The van der Waals surface area contributed by atoms with Crippen molar-refractivity contribution in [3.8, 4) is 0 Å². The molecule has 1 aromatic rings. The highest BCUT2D eigenvalue weighted by molar-refractivity contribution is 7.89. The number of sulfonamides is 1. The summed E-state index contributed by atoms with van der Waals surface area (Å²) in [7, 11) is -3.75. The second-order valence-corrected chi connectivity index (χ2v) is 4.01. The fourth-order valence-electron chi connectivity index (χ4n) is 0.830. The predicted molar refractivity (Wildman–Crippen MR) is 48.5 cm³/mol. The van der Waals surface area contributed by atoms with Crippen molar-refractivity contribution in [3.05, 3.63) is 17.9 Å². The lowest BCUT2D eigenvalue weighted by Crippen LogP contribution is -2.13. The molecule has 0 saturated carbocycles. The average Bonchev–Trinajstić information content (AvgIpc) is 2.52. The van der Waals surface area contributed by atoms with Crippen LogP contribution in [-0.4, -0.2) is 15.0 Å². The average molecular weight is 220 g/mol. The molecule has 7 heteroatoms. The summed E-state index contributed by atoms with van der Waals surface area (Å²) in [4.78, 5) is 4.84. The highest BCUT2D eigenvalue weighted by atomic mass is 32.2. The van der Waals surface area contributed by atoms with Gasteiger partial charge in [0.05, 0.1) is 13.2 Å². The van der Waals surface area contributed by atoms with Gasteiger partial charge in [0.1, 0.15) is 5.76 Å². The molecule has 0 bridgehead atoms. The van der Waals surface area contributed by atoms with Crippen molar-refractivity contribution in [2.24, 2.45) is 5.14 Å². The van der Waals surface area contributed by atoms with Gasteiger partial charge >= 0.3 is 0 Å². The fourth-order valence-corrected chi connectivity index (χ4v) is 1.31. The van der Waals surface area contributed by atoms with Gasteiger partial charge in [-0.3, -0.25) is 0 Å². The van der Waals surface area contributed by atoms with Crippen molar-refractivity contribution < 1.29 is 17.7 Å². The molecule has 0 aliphatic rings. The molecule has 80 valence electrons. The summed E-state index contributed by atoms with van der Waals surface area (Å²) in [5.74, 6) is 0.447. The van der Waals surface area contributed by atoms with Gasteiger partial charge < -0.3 is 9.25 Å². The normalized spacial score (nSPS) is 11.9. The molecule has 0 spiro atoms. The molecule has 0 amide bonds. The molecule has 0 aromatic carbocycles. The van der Waals surface area contributed by atoms with E-state index in [1.807, 2.05) is 6.92 Å². The second-order valence-electron chi connectivity index (χ2n) is 2.52. The maximum Gasteiger partial charge on any atom is 0.271 e. The second kappa shape index (κ2) is 4.56. The third-order valence-corrected chi connectivity index (χ3v) is 2.19. The Hall–Kier alpha value is -0.890. The van der Waals surface area contributed by atoms with E-state index in [0.717, 1.165) is 0 Å². The molecule has 0 saturated heterocycles. The summed E-state index contributed by atoms with van der Waals surface area (Å²) in [6.07, 6.45) is 0. The van der Waals surface area contributed by atoms with Crippen molar-refractivity contribution in [2.45, 2.75) is 18.6 Å². The van der Waals surface area contributed by atoms with Crippen molar-refractivity contribution >= 4 is 10.0 Å². The quantitative estimate of drug-likeness (QED) is 0.536. The molecule has 0 aliphatic heterocycles. The van der Waals surface area contributed by atoms with Gasteiger partial charge in [0.2, 0.25) is 5.09 Å². The van der Waals surface area contributed by atoms with Crippen LogP contribution >= 0.6 is 0 Å². The topological polar surface area (TPSA) is 94.6 Å². The first kappa shape index (κ1) is 11.2. The van der Waals surface area contributed by atoms with Crippen LogP contribution in [0.25, 0.3) is 0 Å². The highest BCUT2D eigenvalue weighted by Gasteiger charge is 2.12. The van der Waals surface area contributed by atoms with Crippen LogP contribution in [0.1, 0.15) is 12.7 Å². The summed E-state index contributed by atoms with van der Waals surface area (Å²) in [6.45, 7) is 2.64. The Labute approximate surface area is 82.0 Å². The van der Waals surface area contributed by atoms with Gasteiger partial charge in [0.25, 0.3) is 10.0 Å². The van der Waals surface area contributed by atoms with E-state index < -0.39 is 10.0 Å². The number of nitrogens with two attached hydrogens (primary N) is 1. The Bertz CT molecular complexity index is 384. The molecule has 1 rings (SSSR count). The smallest absolute Gasteiger partial charge is 0.271 e. The van der Waals surface area contributed by atoms with E-state index in [2.05, 4.69) is 5.48 Å². The molecule has 0 unspecified atom stereocenters. The Morgan fingerprint density at radius 2 is 2.29 bits per heavy atom. The lowest BCUT2D eigenvalue weighted by Gasteiger charge is -1.99. The molecule has 0 fully saturated rings. The lowest BCUT2D eigenvalue weighted by molar-refractivity contribution is 0.0419. The van der Waals surface area contributed by atoms with Gasteiger partial charge in [0, 0.05) is 0 Å². The van der Waals surface area contributed by atoms with E-state index in [1.54, 1.807) is 0 Å². The van der Waals surface area contributed by atoms with Gasteiger partial charge in [-0.25, -0.2) is 13.6 Å². The van der Waals surface area contributed by atoms with E-state index in [9.17, 15) is 8.42 Å². The molecule has 1 heterocycles. The van der Waals surface area contributed by atoms with Crippen LogP contribution in [0.15, 0.2) is 21.6 Å². The minimum absolute atomic E-state index is 0.245. The first-order valence-corrected chi connectivity index (χ1v) is 5.55. The maximum atomic E-state index is 10.8. The first-order chi connectivity index (χ1) is 6.54. The number of furan rings is 1. The summed E-state index contributed by atoms with van der Waals surface area (Å²) >= 11 is 0. The predicted octanol–water partition coefficient (Wildman–Crippen LogP) is -0.0319. The van der Waals surface area contributed by atoms with Crippen LogP contribution in [0, 0.1) is 0 Å². The summed E-state index contributed by atoms with van der Waals surface area (Å²) in [6, 6.07) is 2.82. The van der Waals surface area contributed by atoms with Gasteiger partial charge in [-0.1, -0.05) is 0 Å². The van der Waals surface area contributed by atoms with Gasteiger partial charge in [-0.05, 0) is 19.1 Å². The monoisotopic (exact) mass is 220 g/mol. The van der Waals surface area contributed by atoms with Crippen LogP contribution < -0.4 is 10.6 Å². The summed E-state index contributed by atoms with van der Waals surface area (Å²) < 4.78 is 26.6. The number of hydrogen-bond acceptors (Lipinski definition) is 5. The zero-order valence-corrected chi connectivity index (χ0v) is 8.50. The largest absolute Gasteiger partial charge is 0.447 e. The van der Waals surface area contributed by atoms with Crippen molar-refractivity contribution in [2.75, 3.05) is 6.61 Å². The standard InChI is InChI=1S/C7H12N2O4S/c1-2-12-9-5-6-3-4-7(13-6)14(8,10)11/h3-4,9H,2,5H2,1H3,(H2,8,10,11). The third-order valence-electron chi connectivity index (χ3n) is 1.41. The van der Waals surface area contributed by atoms with Crippen molar-refractivity contribution in [1.29, 1.82) is 0 Å². The van der Waals surface area contributed by atoms with Crippen molar-refractivity contribution in [3.63, 3.8) is 0 Å². The molecule has 14 heavy (non-hydrogen) atoms. The number of rotatable bonds is 5. The van der Waals surface area contributed by atoms with Crippen LogP contribution in [-0.2, 0) is 21.4 Å². The Morgan fingerprint density at radius 3 is 2.79 bits per heavy atom. The number of primary sulfonamides is 1. The minimum atomic E-state index is -3.75. The number of hydroxylamine groups is 1. The van der Waals surface area contributed by atoms with E-state index in [4.69, 9.17) is 14.4 Å². The molecule has 1 aromatic heterocycles. The van der Waals surface area contributed by atoms with E-state index in [-0.39, 0.29) is 5.09 Å². The summed E-state index contributed by atoms with van der Waals surface area (Å²) in [5, 5.41) is 4.61. The molecular weight excluding hydrogens is 208 g/mol. The Morgan fingerprint density at radius 1 is 1.57 bits per heavy atom. The van der Waals surface area contributed by atoms with Crippen LogP contribution in [0.3, 0.4) is 0 Å². The molecule has 0 atom stereocenters. The van der Waals surface area contributed by atoms with Crippen molar-refractivity contribution in [1.82, 2.24) is 5.48 Å². The zero-order valence-electron chi connectivity index (χ0n) is 7.69. The Balaban J connectivity index is 2.60. The van der Waals surface area contributed by atoms with Gasteiger partial charge in [-0.2, -0.15) is 5.48 Å². The van der Waals surface area contributed by atoms with Crippen LogP contribution in [0.5, 0.6) is 0 Å². The lowest BCUT2D eigenvalue weighted by atomic mass is 10.5. The van der Waals surface area contributed by atoms with Crippen LogP contribution in [0.2, 0.25) is 0 Å². The molecule has 6 nitrogen and oxygen atoms in total. The molecule has 0 aliphatic carbocycles. The Kier molecular flexibility index (Phi) is 3.64. The molecular formula is C7H12N2O4S. The highest BCUT2D eigenvalue weighted by Crippen LogP contribution is 2.11. The maximum absolute atomic E-state index is 10.8. The SMILES string of the molecule is CCONCc1ccc(S(N)(=O)=O)o1. The zero-order chi connectivity index (χ0) is 10.6. The van der Waals surface area contributed by atoms with Gasteiger partial charge in [-0.15, -0.1) is 0 Å².